The fraction of sp³-hybridized carbons (Fsp3) is 0.412. The maximum atomic E-state index is 13.9. The van der Waals surface area contributed by atoms with E-state index in [9.17, 15) is 8.60 Å². The summed E-state index contributed by atoms with van der Waals surface area (Å²) in [5.41, 5.74) is 0.583. The highest BCUT2D eigenvalue weighted by Gasteiger charge is 2.17. The molecule has 1 atom stereocenters. The zero-order chi connectivity index (χ0) is 16.2. The number of hydrogen-bond donors (Lipinski definition) is 1. The third kappa shape index (κ3) is 4.35. The van der Waals surface area contributed by atoms with Gasteiger partial charge in [0.2, 0.25) is 0 Å². The lowest BCUT2D eigenvalue weighted by Gasteiger charge is -2.20. The number of aryl methyl sites for hydroxylation is 1. The summed E-state index contributed by atoms with van der Waals surface area (Å²) < 4.78 is 29.3. The molecule has 21 heavy (non-hydrogen) atoms. The highest BCUT2D eigenvalue weighted by atomic mass is 32.2. The molecule has 0 saturated carbocycles. The third-order valence-corrected chi connectivity index (χ3v) is 4.31. The van der Waals surface area contributed by atoms with E-state index in [0.29, 0.717) is 15.7 Å². The van der Waals surface area contributed by atoms with Crippen LogP contribution in [-0.2, 0) is 11.0 Å². The van der Waals surface area contributed by atoms with Gasteiger partial charge in [-0.1, -0.05) is 32.0 Å². The first kappa shape index (κ1) is 17.8. The van der Waals surface area contributed by atoms with E-state index in [0.717, 1.165) is 5.56 Å². The monoisotopic (exact) mass is 309 g/mol. The first-order valence-electron chi connectivity index (χ1n) is 7.17. The molecular formula is C17H24FNOS. The molecule has 4 heteroatoms. The highest BCUT2D eigenvalue weighted by molar-refractivity contribution is 7.83. The summed E-state index contributed by atoms with van der Waals surface area (Å²) in [5, 5.41) is 1.25. The van der Waals surface area contributed by atoms with E-state index in [1.54, 1.807) is 12.1 Å². The summed E-state index contributed by atoms with van der Waals surface area (Å²) in [7, 11) is -1.36. The van der Waals surface area contributed by atoms with Crippen LogP contribution in [0.2, 0.25) is 0 Å². The zero-order valence-corrected chi connectivity index (χ0v) is 14.4. The van der Waals surface area contributed by atoms with Crippen LogP contribution < -0.4 is 4.72 Å². The van der Waals surface area contributed by atoms with Gasteiger partial charge in [0, 0.05) is 16.3 Å². The molecule has 0 radical (unpaired) electrons. The lowest BCUT2D eigenvalue weighted by molar-refractivity contribution is 0.520. The smallest absolute Gasteiger partial charge is 0.131 e. The second-order valence-corrected chi connectivity index (χ2v) is 6.85. The Balaban J connectivity index is 0.00000106. The maximum Gasteiger partial charge on any atom is 0.131 e. The molecule has 2 nitrogen and oxygen atoms in total. The summed E-state index contributed by atoms with van der Waals surface area (Å²) in [4.78, 5) is 0.620. The topological polar surface area (TPSA) is 29.1 Å². The van der Waals surface area contributed by atoms with Gasteiger partial charge in [-0.05, 0) is 45.4 Å². The molecule has 0 saturated heterocycles. The van der Waals surface area contributed by atoms with E-state index >= 15 is 0 Å². The van der Waals surface area contributed by atoms with Crippen molar-refractivity contribution < 1.29 is 8.60 Å². The number of nitrogens with one attached hydrogen (secondary N) is 1. The van der Waals surface area contributed by atoms with Gasteiger partial charge in [0.05, 0.1) is 4.90 Å². The van der Waals surface area contributed by atoms with E-state index in [1.165, 1.54) is 6.07 Å². The summed E-state index contributed by atoms with van der Waals surface area (Å²) in [6, 6.07) is 8.49. The molecule has 2 rings (SSSR count). The van der Waals surface area contributed by atoms with Crippen molar-refractivity contribution in [2.45, 2.75) is 52.0 Å². The molecule has 1 unspecified atom stereocenters. The van der Waals surface area contributed by atoms with Gasteiger partial charge in [-0.25, -0.2) is 13.3 Å². The van der Waals surface area contributed by atoms with Crippen LogP contribution in [0.25, 0.3) is 10.8 Å². The molecule has 0 bridgehead atoms. The Bertz CT molecular complexity index is 639. The Morgan fingerprint density at radius 3 is 2.29 bits per heavy atom. The van der Waals surface area contributed by atoms with Crippen molar-refractivity contribution in [1.29, 1.82) is 0 Å². The van der Waals surface area contributed by atoms with Crippen LogP contribution in [0.4, 0.5) is 4.39 Å². The number of halogens is 1. The quantitative estimate of drug-likeness (QED) is 0.854. The second-order valence-electron chi connectivity index (χ2n) is 5.66. The Morgan fingerprint density at radius 2 is 1.71 bits per heavy atom. The van der Waals surface area contributed by atoms with Crippen molar-refractivity contribution in [2.75, 3.05) is 0 Å². The van der Waals surface area contributed by atoms with Gasteiger partial charge in [0.25, 0.3) is 0 Å². The maximum absolute atomic E-state index is 13.9. The average Bonchev–Trinajstić information content (AvgIpc) is 2.39. The molecule has 0 heterocycles. The largest absolute Gasteiger partial charge is 0.237 e. The summed E-state index contributed by atoms with van der Waals surface area (Å²) in [6.45, 7) is 11.7. The molecule has 0 aliphatic carbocycles. The SMILES string of the molecule is CC.Cc1ccc(S(=O)NC(C)(C)C)c2cccc(F)c12. The van der Waals surface area contributed by atoms with Gasteiger partial charge >= 0.3 is 0 Å². The van der Waals surface area contributed by atoms with Crippen molar-refractivity contribution >= 4 is 21.8 Å². The van der Waals surface area contributed by atoms with E-state index in [4.69, 9.17) is 0 Å². The molecule has 1 N–H and O–H groups in total. The minimum atomic E-state index is -1.36. The van der Waals surface area contributed by atoms with Crippen LogP contribution in [-0.4, -0.2) is 9.75 Å². The van der Waals surface area contributed by atoms with Crippen LogP contribution in [0.5, 0.6) is 0 Å². The van der Waals surface area contributed by atoms with Gasteiger partial charge < -0.3 is 0 Å². The molecule has 0 aliphatic heterocycles. The lowest BCUT2D eigenvalue weighted by Crippen LogP contribution is -2.37. The van der Waals surface area contributed by atoms with Crippen molar-refractivity contribution in [3.8, 4) is 0 Å². The van der Waals surface area contributed by atoms with Gasteiger partial charge in [-0.15, -0.1) is 0 Å². The molecule has 0 fully saturated rings. The fourth-order valence-corrected chi connectivity index (χ4v) is 3.23. The number of benzene rings is 2. The van der Waals surface area contributed by atoms with Gasteiger partial charge in [0.1, 0.15) is 16.8 Å². The number of hydrogen-bond acceptors (Lipinski definition) is 1. The van der Waals surface area contributed by atoms with Gasteiger partial charge in [0.15, 0.2) is 0 Å². The number of rotatable bonds is 2. The second kappa shape index (κ2) is 7.14. The summed E-state index contributed by atoms with van der Waals surface area (Å²) in [5.74, 6) is -0.274. The van der Waals surface area contributed by atoms with Crippen molar-refractivity contribution in [3.05, 3.63) is 41.7 Å². The summed E-state index contributed by atoms with van der Waals surface area (Å²) in [6.07, 6.45) is 0. The Kier molecular flexibility index (Phi) is 6.05. The predicted octanol–water partition coefficient (Wildman–Crippen LogP) is 4.72. The zero-order valence-electron chi connectivity index (χ0n) is 13.6. The molecule has 0 aliphatic rings. The van der Waals surface area contributed by atoms with E-state index in [1.807, 2.05) is 53.7 Å². The Labute approximate surface area is 129 Å². The van der Waals surface area contributed by atoms with Crippen molar-refractivity contribution in [2.24, 2.45) is 0 Å². The lowest BCUT2D eigenvalue weighted by atomic mass is 10.1. The van der Waals surface area contributed by atoms with Crippen LogP contribution in [0.15, 0.2) is 35.2 Å². The summed E-state index contributed by atoms with van der Waals surface area (Å²) >= 11 is 0. The normalized spacial score (nSPS) is 12.7. The standard InChI is InChI=1S/C15H18FNOS.C2H6/c1-10-8-9-13(19(18)17-15(2,3)4)11-6-5-7-12(16)14(10)11;1-2/h5-9,17H,1-4H3;1-2H3. The first-order valence-corrected chi connectivity index (χ1v) is 8.32. The predicted molar refractivity (Wildman–Crippen MR) is 89.3 cm³/mol. The van der Waals surface area contributed by atoms with Crippen LogP contribution >= 0.6 is 0 Å². The minimum Gasteiger partial charge on any atom is -0.237 e. The van der Waals surface area contributed by atoms with Crippen molar-refractivity contribution in [3.63, 3.8) is 0 Å². The molecule has 0 aromatic heterocycles. The van der Waals surface area contributed by atoms with Gasteiger partial charge in [-0.2, -0.15) is 0 Å². The van der Waals surface area contributed by atoms with Gasteiger partial charge in [-0.3, -0.25) is 0 Å². The third-order valence-electron chi connectivity index (χ3n) is 2.76. The molecule has 2 aromatic carbocycles. The molecular weight excluding hydrogens is 285 g/mol. The first-order chi connectivity index (χ1) is 9.79. The van der Waals surface area contributed by atoms with Crippen LogP contribution in [0.1, 0.15) is 40.2 Å². The molecule has 0 spiro atoms. The van der Waals surface area contributed by atoms with Crippen LogP contribution in [0, 0.1) is 12.7 Å². The fourth-order valence-electron chi connectivity index (χ4n) is 2.00. The number of fused-ring (bicyclic) bond motifs is 1. The minimum absolute atomic E-state index is 0.268. The molecule has 116 valence electrons. The van der Waals surface area contributed by atoms with Crippen LogP contribution in [0.3, 0.4) is 0 Å². The van der Waals surface area contributed by atoms with Crippen molar-refractivity contribution in [1.82, 2.24) is 4.72 Å². The highest BCUT2D eigenvalue weighted by Crippen LogP contribution is 2.27. The Morgan fingerprint density at radius 1 is 1.10 bits per heavy atom. The van der Waals surface area contributed by atoms with E-state index in [-0.39, 0.29) is 11.4 Å². The molecule has 2 aromatic rings. The van der Waals surface area contributed by atoms with E-state index in [2.05, 4.69) is 4.72 Å². The van der Waals surface area contributed by atoms with E-state index < -0.39 is 11.0 Å². The average molecular weight is 309 g/mol. The molecule has 0 amide bonds. The Hall–Kier alpha value is -1.26.